The molecule has 1 unspecified atom stereocenters. The standard InChI is InChI=1S/C19H31N3O6.C6H4/c1-5-12-9-20-6-7-21(12)17(23)15-16-18(24)22(10-14(27-15)28-16)13(8-11(2)3)19(25)26-4;1-2-6-4-3-5(1)6/h11-16,20H,5-10H2,1-4H3;1-4H/t12?,13-,14-,15-,16+;/m0./s1. The van der Waals surface area contributed by atoms with Crippen LogP contribution in [0.3, 0.4) is 0 Å². The number of nitrogens with zero attached hydrogens (tertiary/aromatic N) is 2. The third-order valence-electron chi connectivity index (χ3n) is 6.85. The van der Waals surface area contributed by atoms with Gasteiger partial charge in [-0.1, -0.05) is 45.0 Å². The van der Waals surface area contributed by atoms with Gasteiger partial charge in [0.15, 0.2) is 18.5 Å². The van der Waals surface area contributed by atoms with Gasteiger partial charge < -0.3 is 29.3 Å². The highest BCUT2D eigenvalue weighted by Crippen LogP contribution is 2.32. The van der Waals surface area contributed by atoms with Gasteiger partial charge in [0.1, 0.15) is 6.04 Å². The lowest BCUT2D eigenvalue weighted by molar-refractivity contribution is -0.174. The summed E-state index contributed by atoms with van der Waals surface area (Å²) in [6.07, 6.45) is -1.39. The number of carbonyl (C=O) groups excluding carboxylic acids is 3. The molecule has 9 nitrogen and oxygen atoms in total. The maximum absolute atomic E-state index is 13.1. The van der Waals surface area contributed by atoms with Gasteiger partial charge >= 0.3 is 5.97 Å². The van der Waals surface area contributed by atoms with Crippen LogP contribution in [0, 0.1) is 5.92 Å². The highest BCUT2D eigenvalue weighted by molar-refractivity contribution is 5.94. The summed E-state index contributed by atoms with van der Waals surface area (Å²) in [5.74, 6) is -0.859. The minimum absolute atomic E-state index is 0.0697. The number of benzene rings is 1. The summed E-state index contributed by atoms with van der Waals surface area (Å²) in [7, 11) is 1.31. The molecule has 0 aromatic heterocycles. The van der Waals surface area contributed by atoms with Crippen LogP contribution in [0.4, 0.5) is 0 Å². The summed E-state index contributed by atoms with van der Waals surface area (Å²) in [5, 5.41) is 3.28. The normalized spacial score (nSPS) is 27.7. The molecule has 3 saturated heterocycles. The zero-order chi connectivity index (χ0) is 24.4. The van der Waals surface area contributed by atoms with Gasteiger partial charge in [-0.2, -0.15) is 0 Å². The van der Waals surface area contributed by atoms with Crippen LogP contribution in [0.5, 0.6) is 0 Å². The fourth-order valence-corrected chi connectivity index (χ4v) is 4.83. The van der Waals surface area contributed by atoms with Crippen LogP contribution in [-0.4, -0.2) is 91.5 Å². The van der Waals surface area contributed by atoms with Crippen molar-refractivity contribution in [3.63, 3.8) is 0 Å². The third kappa shape index (κ3) is 4.82. The van der Waals surface area contributed by atoms with Gasteiger partial charge in [-0.25, -0.2) is 4.79 Å². The van der Waals surface area contributed by atoms with Gasteiger partial charge in [-0.15, -0.1) is 0 Å². The van der Waals surface area contributed by atoms with Crippen molar-refractivity contribution in [1.82, 2.24) is 15.1 Å². The Morgan fingerprint density at radius 3 is 2.38 bits per heavy atom. The molecular formula is C25H35N3O6. The van der Waals surface area contributed by atoms with Crippen molar-refractivity contribution in [3.05, 3.63) is 24.3 Å². The summed E-state index contributed by atoms with van der Waals surface area (Å²) in [6.45, 7) is 8.11. The average Bonchev–Trinajstić information content (AvgIpc) is 3.20. The molecule has 9 heteroatoms. The molecule has 0 spiro atoms. The summed E-state index contributed by atoms with van der Waals surface area (Å²) >= 11 is 0. The van der Waals surface area contributed by atoms with E-state index in [0.717, 1.165) is 13.0 Å². The van der Waals surface area contributed by atoms with Crippen LogP contribution < -0.4 is 5.32 Å². The van der Waals surface area contributed by atoms with Gasteiger partial charge in [-0.3, -0.25) is 9.59 Å². The van der Waals surface area contributed by atoms with Crippen molar-refractivity contribution in [3.8, 4) is 11.1 Å². The molecule has 5 aliphatic rings. The van der Waals surface area contributed by atoms with Crippen LogP contribution in [0.2, 0.25) is 0 Å². The number of fused-ring (bicyclic) bond motifs is 3. The number of ether oxygens (including phenoxy) is 3. The SMILES string of the molecule is CCC1CNCCN1C(=O)[C@H]1O[C@@H]2CN([C@@H](CC(C)C)C(=O)OC)C(=O)[C@@H]1O2.c1cc2ccc1-2. The summed E-state index contributed by atoms with van der Waals surface area (Å²) in [4.78, 5) is 41.8. The molecule has 0 radical (unpaired) electrons. The van der Waals surface area contributed by atoms with E-state index in [1.54, 1.807) is 4.90 Å². The van der Waals surface area contributed by atoms with Crippen LogP contribution in [0.15, 0.2) is 24.3 Å². The van der Waals surface area contributed by atoms with Crippen molar-refractivity contribution >= 4 is 17.8 Å². The zero-order valence-electron chi connectivity index (χ0n) is 20.4. The Balaban J connectivity index is 0.000000388. The van der Waals surface area contributed by atoms with Crippen molar-refractivity contribution < 1.29 is 28.6 Å². The predicted molar refractivity (Wildman–Crippen MR) is 125 cm³/mol. The number of hydrogen-bond donors (Lipinski definition) is 1. The second-order valence-electron chi connectivity index (χ2n) is 9.58. The van der Waals surface area contributed by atoms with Crippen molar-refractivity contribution in [2.45, 2.75) is 64.2 Å². The first-order valence-corrected chi connectivity index (χ1v) is 12.1. The Kier molecular flexibility index (Phi) is 7.54. The molecule has 0 aromatic carbocycles. The largest absolute Gasteiger partial charge is 0.467 e. The first-order valence-electron chi connectivity index (χ1n) is 12.1. The number of esters is 1. The summed E-state index contributed by atoms with van der Waals surface area (Å²) in [5.41, 5.74) is 2.85. The molecule has 186 valence electrons. The Morgan fingerprint density at radius 2 is 1.85 bits per heavy atom. The third-order valence-corrected chi connectivity index (χ3v) is 6.85. The van der Waals surface area contributed by atoms with Gasteiger partial charge in [0.25, 0.3) is 11.8 Å². The van der Waals surface area contributed by atoms with E-state index < -0.39 is 30.5 Å². The topological polar surface area (TPSA) is 97.4 Å². The highest BCUT2D eigenvalue weighted by atomic mass is 16.7. The quantitative estimate of drug-likeness (QED) is 0.634. The Hall–Kier alpha value is -2.49. The van der Waals surface area contributed by atoms with E-state index in [0.29, 0.717) is 19.5 Å². The lowest BCUT2D eigenvalue weighted by Gasteiger charge is -2.38. The van der Waals surface area contributed by atoms with Gasteiger partial charge in [0.2, 0.25) is 0 Å². The first kappa shape index (κ1) is 24.6. The molecule has 3 heterocycles. The molecule has 0 saturated carbocycles. The highest BCUT2D eigenvalue weighted by Gasteiger charge is 2.54. The molecule has 2 bridgehead atoms. The zero-order valence-corrected chi connectivity index (χ0v) is 20.4. The van der Waals surface area contributed by atoms with E-state index >= 15 is 0 Å². The molecule has 2 amide bonds. The van der Waals surface area contributed by atoms with Crippen LogP contribution >= 0.6 is 0 Å². The number of piperazine rings is 1. The van der Waals surface area contributed by atoms with E-state index in [1.807, 2.05) is 20.8 Å². The van der Waals surface area contributed by atoms with Crippen molar-refractivity contribution in [2.75, 3.05) is 33.3 Å². The summed E-state index contributed by atoms with van der Waals surface area (Å²) in [6, 6.07) is 7.85. The maximum Gasteiger partial charge on any atom is 0.328 e. The molecule has 0 aromatic rings. The Labute approximate surface area is 200 Å². The first-order chi connectivity index (χ1) is 16.3. The van der Waals surface area contributed by atoms with E-state index in [-0.39, 0.29) is 30.3 Å². The van der Waals surface area contributed by atoms with Crippen LogP contribution in [-0.2, 0) is 28.6 Å². The number of methoxy groups -OCH3 is 1. The number of morpholine rings is 1. The fraction of sp³-hybridized carbons (Fsp3) is 0.640. The van der Waals surface area contributed by atoms with E-state index in [1.165, 1.54) is 23.1 Å². The number of nitrogens with one attached hydrogen (secondary N) is 1. The van der Waals surface area contributed by atoms with E-state index in [4.69, 9.17) is 14.2 Å². The fourth-order valence-electron chi connectivity index (χ4n) is 4.83. The lowest BCUT2D eigenvalue weighted by atomic mass is 9.95. The second-order valence-corrected chi connectivity index (χ2v) is 9.58. The average molecular weight is 474 g/mol. The van der Waals surface area contributed by atoms with Crippen LogP contribution in [0.1, 0.15) is 33.6 Å². The molecule has 34 heavy (non-hydrogen) atoms. The minimum Gasteiger partial charge on any atom is -0.467 e. The molecule has 3 fully saturated rings. The molecule has 3 aliphatic heterocycles. The number of amides is 2. The second kappa shape index (κ2) is 10.4. The van der Waals surface area contributed by atoms with Crippen molar-refractivity contribution in [2.24, 2.45) is 5.92 Å². The lowest BCUT2D eigenvalue weighted by Crippen LogP contribution is -2.60. The number of rotatable bonds is 6. The van der Waals surface area contributed by atoms with Crippen molar-refractivity contribution in [1.29, 1.82) is 0 Å². The van der Waals surface area contributed by atoms with E-state index in [9.17, 15) is 14.4 Å². The molecular weight excluding hydrogens is 438 g/mol. The number of carbonyl (C=O) groups is 3. The summed E-state index contributed by atoms with van der Waals surface area (Å²) < 4.78 is 16.4. The van der Waals surface area contributed by atoms with Crippen LogP contribution in [0.25, 0.3) is 11.1 Å². The van der Waals surface area contributed by atoms with Gasteiger partial charge in [-0.05, 0) is 29.9 Å². The minimum atomic E-state index is -1.02. The molecule has 5 atom stereocenters. The molecule has 5 rings (SSSR count). The van der Waals surface area contributed by atoms with Gasteiger partial charge in [0, 0.05) is 25.7 Å². The maximum atomic E-state index is 13.1. The predicted octanol–water partition coefficient (Wildman–Crippen LogP) is 1.40. The molecule has 2 aliphatic carbocycles. The smallest absolute Gasteiger partial charge is 0.328 e. The Bertz CT molecular complexity index is 883. The Morgan fingerprint density at radius 1 is 1.18 bits per heavy atom. The number of hydrogen-bond acceptors (Lipinski definition) is 7. The van der Waals surface area contributed by atoms with E-state index in [2.05, 4.69) is 29.6 Å². The van der Waals surface area contributed by atoms with Gasteiger partial charge in [0.05, 0.1) is 13.7 Å². The molecule has 1 N–H and O–H groups in total. The monoisotopic (exact) mass is 473 g/mol.